The molecule has 0 aromatic rings. The van der Waals surface area contributed by atoms with E-state index >= 15 is 0 Å². The second-order valence-electron chi connectivity index (χ2n) is 5.88. The molecule has 0 aliphatic heterocycles. The van der Waals surface area contributed by atoms with Crippen LogP contribution in [0.4, 0.5) is 0 Å². The van der Waals surface area contributed by atoms with Crippen molar-refractivity contribution in [3.05, 3.63) is 36.6 Å². The third-order valence-electron chi connectivity index (χ3n) is 2.45. The summed E-state index contributed by atoms with van der Waals surface area (Å²) in [5.41, 5.74) is 2.43. The van der Waals surface area contributed by atoms with Gasteiger partial charge in [0, 0.05) is 0 Å². The van der Waals surface area contributed by atoms with Crippen LogP contribution in [0.3, 0.4) is 0 Å². The zero-order chi connectivity index (χ0) is 12.6. The number of allylic oxidation sites excluding steroid dienone is 4. The molecular weight excluding hydrogens is 208 g/mol. The Labute approximate surface area is 103 Å². The van der Waals surface area contributed by atoms with E-state index in [9.17, 15) is 0 Å². The van der Waals surface area contributed by atoms with E-state index in [2.05, 4.69) is 64.0 Å². The molecule has 0 N–H and O–H groups in total. The molecule has 0 aliphatic rings. The van der Waals surface area contributed by atoms with E-state index in [4.69, 9.17) is 0 Å². The van der Waals surface area contributed by atoms with Gasteiger partial charge in [0.1, 0.15) is 0 Å². The van der Waals surface area contributed by atoms with Gasteiger partial charge in [0.2, 0.25) is 0 Å². The topological polar surface area (TPSA) is 0 Å². The summed E-state index contributed by atoms with van der Waals surface area (Å²) >= 11 is 0. The monoisotopic (exact) mass is 236 g/mol. The molecule has 0 bridgehead atoms. The fourth-order valence-corrected chi connectivity index (χ4v) is 2.29. The van der Waals surface area contributed by atoms with Gasteiger partial charge in [0.15, 0.2) is 0 Å². The molecule has 0 aromatic carbocycles. The number of hydrogen-bond acceptors (Lipinski definition) is 0. The first kappa shape index (κ1) is 15.4. The van der Waals surface area contributed by atoms with Crippen molar-refractivity contribution in [2.45, 2.75) is 46.3 Å². The Balaban J connectivity index is 3.95. The van der Waals surface area contributed by atoms with E-state index in [1.54, 1.807) is 0 Å². The first-order valence-electron chi connectivity index (χ1n) is 6.32. The van der Waals surface area contributed by atoms with Crippen LogP contribution in [0.5, 0.6) is 0 Å². The molecule has 0 radical (unpaired) electrons. The predicted octanol–water partition coefficient (Wildman–Crippen LogP) is 5.21. The highest BCUT2D eigenvalue weighted by Gasteiger charge is 2.07. The Morgan fingerprint density at radius 1 is 1.06 bits per heavy atom. The highest BCUT2D eigenvalue weighted by Crippen LogP contribution is 2.11. The van der Waals surface area contributed by atoms with Crippen LogP contribution in [0.25, 0.3) is 0 Å². The van der Waals surface area contributed by atoms with Crippen molar-refractivity contribution < 1.29 is 0 Å². The largest absolute Gasteiger partial charge is 0.103 e. The van der Waals surface area contributed by atoms with Crippen LogP contribution in [-0.4, -0.2) is 8.07 Å². The van der Waals surface area contributed by atoms with Gasteiger partial charge in [-0.1, -0.05) is 63.5 Å². The van der Waals surface area contributed by atoms with Crippen molar-refractivity contribution in [3.8, 4) is 0 Å². The fraction of sp³-hybridized carbons (Fsp3) is 0.600. The summed E-state index contributed by atoms with van der Waals surface area (Å²) < 4.78 is 0. The van der Waals surface area contributed by atoms with Crippen LogP contribution >= 0.6 is 0 Å². The molecular formula is C15H28Si. The molecule has 0 aliphatic carbocycles. The molecule has 0 aromatic heterocycles. The van der Waals surface area contributed by atoms with Gasteiger partial charge in [0.05, 0.1) is 8.07 Å². The summed E-state index contributed by atoms with van der Waals surface area (Å²) in [5.74, 6) is 1.30. The Morgan fingerprint density at radius 3 is 2.19 bits per heavy atom. The highest BCUT2D eigenvalue weighted by molar-refractivity contribution is 6.80. The summed E-state index contributed by atoms with van der Waals surface area (Å²) in [4.78, 5) is 0. The lowest BCUT2D eigenvalue weighted by Gasteiger charge is -2.09. The maximum atomic E-state index is 3.77. The quantitative estimate of drug-likeness (QED) is 0.420. The van der Waals surface area contributed by atoms with Gasteiger partial charge < -0.3 is 0 Å². The third kappa shape index (κ3) is 9.97. The van der Waals surface area contributed by atoms with Crippen molar-refractivity contribution in [1.29, 1.82) is 0 Å². The molecule has 0 fully saturated rings. The maximum Gasteiger partial charge on any atom is 0.0683 e. The SMILES string of the molecule is C=CCC(C)C/C=C/C(C)/C=C/[Si](C)(C)C. The average Bonchev–Trinajstić information content (AvgIpc) is 2.14. The minimum Gasteiger partial charge on any atom is -0.103 e. The first-order valence-corrected chi connectivity index (χ1v) is 9.90. The van der Waals surface area contributed by atoms with Crippen LogP contribution in [0.15, 0.2) is 36.6 Å². The van der Waals surface area contributed by atoms with Crippen LogP contribution < -0.4 is 0 Å². The smallest absolute Gasteiger partial charge is 0.0683 e. The van der Waals surface area contributed by atoms with Crippen LogP contribution in [0.2, 0.25) is 19.6 Å². The van der Waals surface area contributed by atoms with Gasteiger partial charge in [-0.2, -0.15) is 0 Å². The van der Waals surface area contributed by atoms with E-state index in [0.717, 1.165) is 18.8 Å². The molecule has 0 saturated carbocycles. The zero-order valence-corrected chi connectivity index (χ0v) is 12.7. The Kier molecular flexibility index (Phi) is 7.40. The van der Waals surface area contributed by atoms with E-state index < -0.39 is 8.07 Å². The van der Waals surface area contributed by atoms with Crippen molar-refractivity contribution in [1.82, 2.24) is 0 Å². The van der Waals surface area contributed by atoms with Gasteiger partial charge in [-0.15, -0.1) is 6.58 Å². The van der Waals surface area contributed by atoms with Crippen LogP contribution in [-0.2, 0) is 0 Å². The molecule has 16 heavy (non-hydrogen) atoms. The molecule has 2 unspecified atom stereocenters. The molecule has 92 valence electrons. The minimum atomic E-state index is -1.02. The van der Waals surface area contributed by atoms with E-state index in [0.29, 0.717) is 5.92 Å². The summed E-state index contributed by atoms with van der Waals surface area (Å²) in [6.45, 7) is 15.4. The molecule has 0 nitrogen and oxygen atoms in total. The van der Waals surface area contributed by atoms with Crippen molar-refractivity contribution in [3.63, 3.8) is 0 Å². The highest BCUT2D eigenvalue weighted by atomic mass is 28.3. The zero-order valence-electron chi connectivity index (χ0n) is 11.7. The molecule has 0 saturated heterocycles. The van der Waals surface area contributed by atoms with Crippen molar-refractivity contribution >= 4 is 8.07 Å². The van der Waals surface area contributed by atoms with E-state index in [-0.39, 0.29) is 0 Å². The van der Waals surface area contributed by atoms with Crippen LogP contribution in [0.1, 0.15) is 26.7 Å². The van der Waals surface area contributed by atoms with Gasteiger partial charge in [0.25, 0.3) is 0 Å². The van der Waals surface area contributed by atoms with Gasteiger partial charge >= 0.3 is 0 Å². The molecule has 1 heteroatoms. The Hall–Kier alpha value is -0.563. The second-order valence-corrected chi connectivity index (χ2v) is 10.9. The number of hydrogen-bond donors (Lipinski definition) is 0. The molecule has 0 amide bonds. The number of rotatable bonds is 7. The normalized spacial score (nSPS) is 16.8. The summed E-state index contributed by atoms with van der Waals surface area (Å²) in [6.07, 6.45) is 11.3. The second kappa shape index (κ2) is 7.67. The Morgan fingerprint density at radius 2 is 1.69 bits per heavy atom. The lowest BCUT2D eigenvalue weighted by Crippen LogP contribution is -2.15. The van der Waals surface area contributed by atoms with Crippen molar-refractivity contribution in [2.24, 2.45) is 11.8 Å². The van der Waals surface area contributed by atoms with Gasteiger partial charge in [-0.25, -0.2) is 0 Å². The van der Waals surface area contributed by atoms with Crippen LogP contribution in [0, 0.1) is 11.8 Å². The summed E-state index contributed by atoms with van der Waals surface area (Å²) in [7, 11) is -1.02. The Bertz CT molecular complexity index is 243. The predicted molar refractivity (Wildman–Crippen MR) is 79.4 cm³/mol. The van der Waals surface area contributed by atoms with E-state index in [1.165, 1.54) is 0 Å². The van der Waals surface area contributed by atoms with Crippen molar-refractivity contribution in [2.75, 3.05) is 0 Å². The van der Waals surface area contributed by atoms with Gasteiger partial charge in [-0.3, -0.25) is 0 Å². The average molecular weight is 236 g/mol. The lowest BCUT2D eigenvalue weighted by molar-refractivity contribution is 0.602. The standard InChI is InChI=1S/C15H28Si/c1-7-9-14(2)10-8-11-15(3)12-13-16(4,5)6/h7-8,11-15H,1,9-10H2,2-6H3/b11-8+,13-12+. The maximum absolute atomic E-state index is 3.77. The fourth-order valence-electron chi connectivity index (χ4n) is 1.41. The lowest BCUT2D eigenvalue weighted by atomic mass is 10.0. The minimum absolute atomic E-state index is 0.572. The van der Waals surface area contributed by atoms with Gasteiger partial charge in [-0.05, 0) is 24.7 Å². The summed E-state index contributed by atoms with van der Waals surface area (Å²) in [6, 6.07) is 0. The molecule has 0 heterocycles. The first-order chi connectivity index (χ1) is 7.35. The summed E-state index contributed by atoms with van der Waals surface area (Å²) in [5, 5.41) is 0. The van der Waals surface area contributed by atoms with E-state index in [1.807, 2.05) is 6.08 Å². The molecule has 0 spiro atoms. The molecule has 0 rings (SSSR count). The molecule has 2 atom stereocenters. The third-order valence-corrected chi connectivity index (χ3v) is 3.64.